The molecule has 0 unspecified atom stereocenters. The number of hydrogen-bond donors (Lipinski definition) is 1. The van der Waals surface area contributed by atoms with Gasteiger partial charge in [0.1, 0.15) is 0 Å². The van der Waals surface area contributed by atoms with E-state index in [0.29, 0.717) is 13.0 Å². The summed E-state index contributed by atoms with van der Waals surface area (Å²) in [6.45, 7) is 5.73. The van der Waals surface area contributed by atoms with Crippen LogP contribution >= 0.6 is 0 Å². The van der Waals surface area contributed by atoms with Gasteiger partial charge in [0.15, 0.2) is 0 Å². The molecule has 0 aromatic rings. The van der Waals surface area contributed by atoms with E-state index in [1.54, 1.807) is 19.0 Å². The molecule has 16 heavy (non-hydrogen) atoms. The van der Waals surface area contributed by atoms with E-state index in [0.717, 1.165) is 19.4 Å². The lowest BCUT2D eigenvalue weighted by atomic mass is 9.91. The van der Waals surface area contributed by atoms with Crippen molar-refractivity contribution in [1.82, 2.24) is 9.80 Å². The predicted octanol–water partition coefficient (Wildman–Crippen LogP) is 0.914. The van der Waals surface area contributed by atoms with Crippen LogP contribution in [0.5, 0.6) is 0 Å². The molecule has 1 amide bonds. The summed E-state index contributed by atoms with van der Waals surface area (Å²) >= 11 is 0. The Bertz CT molecular complexity index is 204. The third-order valence-corrected chi connectivity index (χ3v) is 3.67. The number of amides is 1. The Balaban J connectivity index is 4.32. The molecular weight excluding hydrogens is 202 g/mol. The van der Waals surface area contributed by atoms with E-state index in [-0.39, 0.29) is 11.4 Å². The van der Waals surface area contributed by atoms with Crippen molar-refractivity contribution in [1.29, 1.82) is 0 Å². The lowest BCUT2D eigenvalue weighted by molar-refractivity contribution is -0.129. The first-order valence-corrected chi connectivity index (χ1v) is 6.05. The van der Waals surface area contributed by atoms with Crippen molar-refractivity contribution in [3.05, 3.63) is 0 Å². The average Bonchev–Trinajstić information content (AvgIpc) is 2.28. The zero-order chi connectivity index (χ0) is 12.8. The molecule has 2 N–H and O–H groups in total. The van der Waals surface area contributed by atoms with Gasteiger partial charge in [0.05, 0.1) is 0 Å². The fourth-order valence-corrected chi connectivity index (χ4v) is 1.96. The van der Waals surface area contributed by atoms with E-state index in [1.807, 2.05) is 0 Å². The van der Waals surface area contributed by atoms with Crippen molar-refractivity contribution in [2.24, 2.45) is 5.73 Å². The minimum atomic E-state index is 0.0482. The van der Waals surface area contributed by atoms with E-state index in [9.17, 15) is 4.79 Å². The van der Waals surface area contributed by atoms with Crippen molar-refractivity contribution < 1.29 is 4.79 Å². The highest BCUT2D eigenvalue weighted by Gasteiger charge is 2.29. The number of rotatable bonds is 7. The maximum Gasteiger partial charge on any atom is 0.223 e. The van der Waals surface area contributed by atoms with E-state index in [4.69, 9.17) is 5.73 Å². The monoisotopic (exact) mass is 229 g/mol. The highest BCUT2D eigenvalue weighted by molar-refractivity contribution is 5.75. The second-order valence-electron chi connectivity index (χ2n) is 4.60. The molecule has 0 saturated carbocycles. The summed E-state index contributed by atoms with van der Waals surface area (Å²) < 4.78 is 0. The fraction of sp³-hybridized carbons (Fsp3) is 0.917. The number of carbonyl (C=O) groups excluding carboxylic acids is 1. The summed E-state index contributed by atoms with van der Waals surface area (Å²) in [5, 5.41) is 0. The Labute approximate surface area is 99.8 Å². The summed E-state index contributed by atoms with van der Waals surface area (Å²) in [6, 6.07) is 0. The molecule has 0 saturated heterocycles. The second kappa shape index (κ2) is 6.86. The lowest BCUT2D eigenvalue weighted by Gasteiger charge is -2.40. The molecule has 0 aromatic heterocycles. The maximum atomic E-state index is 11.5. The number of nitrogens with two attached hydrogens (primary N) is 1. The van der Waals surface area contributed by atoms with Crippen LogP contribution < -0.4 is 5.73 Å². The zero-order valence-corrected chi connectivity index (χ0v) is 11.4. The molecule has 0 radical (unpaired) electrons. The predicted molar refractivity (Wildman–Crippen MR) is 68.3 cm³/mol. The minimum Gasteiger partial charge on any atom is -0.349 e. The Hall–Kier alpha value is -0.610. The van der Waals surface area contributed by atoms with E-state index in [2.05, 4.69) is 25.8 Å². The molecule has 4 heteroatoms. The molecular formula is C12H27N3O. The van der Waals surface area contributed by atoms with Crippen LogP contribution in [0.3, 0.4) is 0 Å². The standard InChI is InChI=1S/C12H27N3O/c1-6-12(7-2,10-13)15(5)9-8-11(16)14(3)4/h6-10,13H2,1-5H3. The molecule has 96 valence electrons. The third kappa shape index (κ3) is 3.76. The Morgan fingerprint density at radius 1 is 1.19 bits per heavy atom. The molecule has 0 rings (SSSR count). The molecule has 0 spiro atoms. The smallest absolute Gasteiger partial charge is 0.223 e. The van der Waals surface area contributed by atoms with Gasteiger partial charge in [-0.25, -0.2) is 0 Å². The average molecular weight is 229 g/mol. The van der Waals surface area contributed by atoms with E-state index < -0.39 is 0 Å². The summed E-state index contributed by atoms with van der Waals surface area (Å²) in [6.07, 6.45) is 2.60. The quantitative estimate of drug-likeness (QED) is 0.706. The largest absolute Gasteiger partial charge is 0.349 e. The molecule has 0 fully saturated rings. The number of carbonyl (C=O) groups is 1. The summed E-state index contributed by atoms with van der Waals surface area (Å²) in [5.41, 5.74) is 5.91. The van der Waals surface area contributed by atoms with Crippen molar-refractivity contribution >= 4 is 5.91 Å². The highest BCUT2D eigenvalue weighted by Crippen LogP contribution is 2.21. The van der Waals surface area contributed by atoms with Crippen molar-refractivity contribution in [2.75, 3.05) is 34.2 Å². The molecule has 0 aliphatic heterocycles. The van der Waals surface area contributed by atoms with Crippen LogP contribution in [0.15, 0.2) is 0 Å². The van der Waals surface area contributed by atoms with Crippen molar-refractivity contribution in [3.8, 4) is 0 Å². The maximum absolute atomic E-state index is 11.5. The molecule has 0 heterocycles. The van der Waals surface area contributed by atoms with Crippen molar-refractivity contribution in [3.63, 3.8) is 0 Å². The van der Waals surface area contributed by atoms with Gasteiger partial charge in [-0.1, -0.05) is 13.8 Å². The first-order chi connectivity index (χ1) is 7.43. The van der Waals surface area contributed by atoms with Gasteiger partial charge >= 0.3 is 0 Å². The Morgan fingerprint density at radius 3 is 2.00 bits per heavy atom. The lowest BCUT2D eigenvalue weighted by Crippen LogP contribution is -2.52. The minimum absolute atomic E-state index is 0.0482. The van der Waals surface area contributed by atoms with E-state index in [1.165, 1.54) is 0 Å². The van der Waals surface area contributed by atoms with Crippen LogP contribution in [0.25, 0.3) is 0 Å². The first-order valence-electron chi connectivity index (χ1n) is 6.05. The molecule has 0 aromatic carbocycles. The summed E-state index contributed by atoms with van der Waals surface area (Å²) in [5.74, 6) is 0.171. The summed E-state index contributed by atoms with van der Waals surface area (Å²) in [4.78, 5) is 15.4. The van der Waals surface area contributed by atoms with Crippen LogP contribution in [0.2, 0.25) is 0 Å². The first kappa shape index (κ1) is 15.4. The van der Waals surface area contributed by atoms with Gasteiger partial charge in [0.2, 0.25) is 5.91 Å². The van der Waals surface area contributed by atoms with E-state index >= 15 is 0 Å². The topological polar surface area (TPSA) is 49.6 Å². The van der Waals surface area contributed by atoms with Gasteiger partial charge in [0.25, 0.3) is 0 Å². The van der Waals surface area contributed by atoms with Gasteiger partial charge in [-0.05, 0) is 19.9 Å². The fourth-order valence-electron chi connectivity index (χ4n) is 1.96. The van der Waals surface area contributed by atoms with Crippen LogP contribution in [0.4, 0.5) is 0 Å². The Kier molecular flexibility index (Phi) is 6.60. The number of hydrogen-bond acceptors (Lipinski definition) is 3. The Morgan fingerprint density at radius 2 is 1.69 bits per heavy atom. The number of likely N-dealkylation sites (N-methyl/N-ethyl adjacent to an activating group) is 1. The molecule has 4 nitrogen and oxygen atoms in total. The molecule has 0 bridgehead atoms. The third-order valence-electron chi connectivity index (χ3n) is 3.67. The number of nitrogens with zero attached hydrogens (tertiary/aromatic N) is 2. The van der Waals surface area contributed by atoms with Crippen LogP contribution in [-0.4, -0.2) is 55.5 Å². The van der Waals surface area contributed by atoms with Crippen LogP contribution in [-0.2, 0) is 4.79 Å². The molecule has 0 aliphatic carbocycles. The van der Waals surface area contributed by atoms with Crippen LogP contribution in [0.1, 0.15) is 33.1 Å². The van der Waals surface area contributed by atoms with Gasteiger partial charge < -0.3 is 10.6 Å². The summed E-state index contributed by atoms with van der Waals surface area (Å²) in [7, 11) is 5.64. The van der Waals surface area contributed by atoms with Gasteiger partial charge in [-0.15, -0.1) is 0 Å². The second-order valence-corrected chi connectivity index (χ2v) is 4.60. The highest BCUT2D eigenvalue weighted by atomic mass is 16.2. The van der Waals surface area contributed by atoms with Crippen LogP contribution in [0, 0.1) is 0 Å². The normalized spacial score (nSPS) is 11.9. The molecule has 0 atom stereocenters. The van der Waals surface area contributed by atoms with Crippen molar-refractivity contribution in [2.45, 2.75) is 38.6 Å². The SMILES string of the molecule is CCC(CC)(CN)N(C)CCC(=O)N(C)C. The van der Waals surface area contributed by atoms with Gasteiger partial charge in [-0.3, -0.25) is 9.69 Å². The van der Waals surface area contributed by atoms with Gasteiger partial charge in [-0.2, -0.15) is 0 Å². The van der Waals surface area contributed by atoms with Gasteiger partial charge in [0, 0.05) is 39.1 Å². The zero-order valence-electron chi connectivity index (χ0n) is 11.4. The molecule has 0 aliphatic rings.